The highest BCUT2D eigenvalue weighted by molar-refractivity contribution is 5.93. The smallest absolute Gasteiger partial charge is 0.267 e. The number of imidazole rings is 1. The fourth-order valence-electron chi connectivity index (χ4n) is 1.80. The Bertz CT molecular complexity index is 515. The van der Waals surface area contributed by atoms with Gasteiger partial charge in [-0.05, 0) is 12.5 Å². The minimum Gasteiger partial charge on any atom is -0.397 e. The first-order valence-electron chi connectivity index (χ1n) is 5.85. The summed E-state index contributed by atoms with van der Waals surface area (Å²) in [5.41, 5.74) is 6.79. The third-order valence-electron chi connectivity index (χ3n) is 2.69. The van der Waals surface area contributed by atoms with Crippen LogP contribution in [0.25, 0.3) is 0 Å². The summed E-state index contributed by atoms with van der Waals surface area (Å²) in [5.74, 6) is 0.834. The Balaban J connectivity index is 1.77. The second-order valence-corrected chi connectivity index (χ2v) is 4.16. The van der Waals surface area contributed by atoms with E-state index in [1.165, 1.54) is 0 Å². The number of nitrogens with one attached hydrogen (secondary N) is 2. The summed E-state index contributed by atoms with van der Waals surface area (Å²) in [5, 5.41) is 2.86. The molecule has 6 heteroatoms. The van der Waals surface area contributed by atoms with E-state index < -0.39 is 0 Å². The Kier molecular flexibility index (Phi) is 3.66. The van der Waals surface area contributed by atoms with Crippen molar-refractivity contribution in [3.63, 3.8) is 0 Å². The summed E-state index contributed by atoms with van der Waals surface area (Å²) in [6, 6.07) is 1.67. The quantitative estimate of drug-likeness (QED) is 0.679. The van der Waals surface area contributed by atoms with Gasteiger partial charge in [0.2, 0.25) is 0 Å². The van der Waals surface area contributed by atoms with Crippen LogP contribution in [0.5, 0.6) is 0 Å². The van der Waals surface area contributed by atoms with Crippen molar-refractivity contribution in [3.8, 4) is 0 Å². The van der Waals surface area contributed by atoms with Crippen LogP contribution in [0.3, 0.4) is 0 Å². The van der Waals surface area contributed by atoms with E-state index in [1.54, 1.807) is 36.3 Å². The van der Waals surface area contributed by atoms with Crippen LogP contribution in [0.1, 0.15) is 22.7 Å². The van der Waals surface area contributed by atoms with Crippen molar-refractivity contribution < 1.29 is 4.79 Å². The van der Waals surface area contributed by atoms with Crippen molar-refractivity contribution in [1.29, 1.82) is 0 Å². The number of aromatic amines is 1. The lowest BCUT2D eigenvalue weighted by molar-refractivity contribution is 0.0945. The highest BCUT2D eigenvalue weighted by Crippen LogP contribution is 2.08. The highest BCUT2D eigenvalue weighted by atomic mass is 16.1. The van der Waals surface area contributed by atoms with Crippen molar-refractivity contribution in [2.45, 2.75) is 12.8 Å². The van der Waals surface area contributed by atoms with Gasteiger partial charge in [-0.2, -0.15) is 0 Å². The van der Waals surface area contributed by atoms with Crippen LogP contribution in [0.4, 0.5) is 5.69 Å². The van der Waals surface area contributed by atoms with Gasteiger partial charge in [-0.3, -0.25) is 4.79 Å². The Morgan fingerprint density at radius 3 is 3.06 bits per heavy atom. The number of nitrogens with zero attached hydrogens (tertiary/aromatic N) is 2. The molecule has 18 heavy (non-hydrogen) atoms. The van der Waals surface area contributed by atoms with E-state index >= 15 is 0 Å². The van der Waals surface area contributed by atoms with Crippen LogP contribution in [-0.4, -0.2) is 27.0 Å². The molecule has 0 aromatic carbocycles. The van der Waals surface area contributed by atoms with Gasteiger partial charge in [0.15, 0.2) is 0 Å². The van der Waals surface area contributed by atoms with E-state index in [0.29, 0.717) is 17.9 Å². The van der Waals surface area contributed by atoms with Crippen LogP contribution < -0.4 is 11.1 Å². The molecule has 0 saturated carbocycles. The molecule has 0 unspecified atom stereocenters. The van der Waals surface area contributed by atoms with E-state index in [-0.39, 0.29) is 5.91 Å². The predicted molar refractivity (Wildman–Crippen MR) is 69.1 cm³/mol. The molecular formula is C12H17N5O. The van der Waals surface area contributed by atoms with Crippen LogP contribution >= 0.6 is 0 Å². The van der Waals surface area contributed by atoms with Gasteiger partial charge in [0.05, 0.1) is 5.69 Å². The highest BCUT2D eigenvalue weighted by Gasteiger charge is 2.09. The number of carbonyl (C=O) groups excluding carboxylic acids is 1. The summed E-state index contributed by atoms with van der Waals surface area (Å²) in [7, 11) is 1.80. The molecule has 0 fully saturated rings. The molecule has 6 nitrogen and oxygen atoms in total. The van der Waals surface area contributed by atoms with E-state index in [1.807, 2.05) is 0 Å². The minimum absolute atomic E-state index is 0.103. The van der Waals surface area contributed by atoms with E-state index in [9.17, 15) is 4.79 Å². The van der Waals surface area contributed by atoms with Gasteiger partial charge in [0.25, 0.3) is 5.91 Å². The molecule has 96 valence electrons. The van der Waals surface area contributed by atoms with Gasteiger partial charge in [-0.15, -0.1) is 0 Å². The lowest BCUT2D eigenvalue weighted by Gasteiger charge is -2.05. The standard InChI is InChI=1S/C12H17N5O/c1-17-8-9(13)7-10(17)12(18)16-4-2-3-11-14-5-6-15-11/h5-8H,2-4,13H2,1H3,(H,14,15)(H,16,18). The second-order valence-electron chi connectivity index (χ2n) is 4.16. The van der Waals surface area contributed by atoms with E-state index in [4.69, 9.17) is 5.73 Å². The number of hydrogen-bond acceptors (Lipinski definition) is 3. The maximum atomic E-state index is 11.8. The van der Waals surface area contributed by atoms with Crippen molar-refractivity contribution in [3.05, 3.63) is 36.2 Å². The van der Waals surface area contributed by atoms with Gasteiger partial charge in [-0.1, -0.05) is 0 Å². The summed E-state index contributed by atoms with van der Waals surface area (Å²) in [6.45, 7) is 0.616. The van der Waals surface area contributed by atoms with Gasteiger partial charge >= 0.3 is 0 Å². The molecule has 0 bridgehead atoms. The number of H-pyrrole nitrogens is 1. The number of amides is 1. The zero-order chi connectivity index (χ0) is 13.0. The Hall–Kier alpha value is -2.24. The molecule has 0 saturated heterocycles. The molecule has 0 atom stereocenters. The zero-order valence-corrected chi connectivity index (χ0v) is 10.3. The molecule has 0 aliphatic heterocycles. The topological polar surface area (TPSA) is 88.7 Å². The largest absolute Gasteiger partial charge is 0.397 e. The maximum Gasteiger partial charge on any atom is 0.267 e. The van der Waals surface area contributed by atoms with Crippen molar-refractivity contribution in [1.82, 2.24) is 19.9 Å². The fourth-order valence-corrected chi connectivity index (χ4v) is 1.80. The van der Waals surface area contributed by atoms with Crippen LogP contribution in [0.15, 0.2) is 24.7 Å². The molecule has 4 N–H and O–H groups in total. The van der Waals surface area contributed by atoms with Gasteiger partial charge in [-0.25, -0.2) is 4.98 Å². The fraction of sp³-hybridized carbons (Fsp3) is 0.333. The average Bonchev–Trinajstić information content (AvgIpc) is 2.94. The lowest BCUT2D eigenvalue weighted by Crippen LogP contribution is -2.26. The molecule has 0 spiro atoms. The number of nitrogen functional groups attached to an aromatic ring is 1. The zero-order valence-electron chi connectivity index (χ0n) is 10.3. The van der Waals surface area contributed by atoms with Crippen molar-refractivity contribution in [2.75, 3.05) is 12.3 Å². The Labute approximate surface area is 105 Å². The lowest BCUT2D eigenvalue weighted by atomic mass is 10.3. The second kappa shape index (κ2) is 5.39. The molecule has 2 aromatic heterocycles. The molecule has 0 aliphatic carbocycles. The van der Waals surface area contributed by atoms with Crippen molar-refractivity contribution >= 4 is 11.6 Å². The number of nitrogens with two attached hydrogens (primary N) is 1. The Morgan fingerprint density at radius 2 is 2.44 bits per heavy atom. The number of aryl methyl sites for hydroxylation is 2. The first kappa shape index (κ1) is 12.2. The van der Waals surface area contributed by atoms with E-state index in [0.717, 1.165) is 18.7 Å². The number of hydrogen-bond donors (Lipinski definition) is 3. The minimum atomic E-state index is -0.103. The molecule has 2 rings (SSSR count). The van der Waals surface area contributed by atoms with Crippen molar-refractivity contribution in [2.24, 2.45) is 7.05 Å². The SMILES string of the molecule is Cn1cc(N)cc1C(=O)NCCCc1ncc[nH]1. The molecule has 0 aliphatic rings. The Morgan fingerprint density at radius 1 is 1.61 bits per heavy atom. The number of carbonyl (C=O) groups is 1. The van der Waals surface area contributed by atoms with E-state index in [2.05, 4.69) is 15.3 Å². The average molecular weight is 247 g/mol. The molecule has 1 amide bonds. The third-order valence-corrected chi connectivity index (χ3v) is 2.69. The molecular weight excluding hydrogens is 230 g/mol. The third kappa shape index (κ3) is 2.91. The van der Waals surface area contributed by atoms with Gasteiger partial charge < -0.3 is 20.6 Å². The maximum absolute atomic E-state index is 11.8. The first-order chi connectivity index (χ1) is 8.66. The number of rotatable bonds is 5. The van der Waals surface area contributed by atoms with Gasteiger partial charge in [0, 0.05) is 38.6 Å². The summed E-state index contributed by atoms with van der Waals surface area (Å²) < 4.78 is 1.72. The van der Waals surface area contributed by atoms with Crippen LogP contribution in [-0.2, 0) is 13.5 Å². The predicted octanol–water partition coefficient (Wildman–Crippen LogP) is 0.693. The van der Waals surface area contributed by atoms with Gasteiger partial charge in [0.1, 0.15) is 11.5 Å². The monoisotopic (exact) mass is 247 g/mol. The molecule has 2 aromatic rings. The van der Waals surface area contributed by atoms with Crippen LogP contribution in [0, 0.1) is 0 Å². The first-order valence-corrected chi connectivity index (χ1v) is 5.85. The summed E-state index contributed by atoms with van der Waals surface area (Å²) in [6.07, 6.45) is 6.90. The summed E-state index contributed by atoms with van der Waals surface area (Å²) >= 11 is 0. The normalized spacial score (nSPS) is 10.5. The van der Waals surface area contributed by atoms with Crippen LogP contribution in [0.2, 0.25) is 0 Å². The number of aromatic nitrogens is 3. The summed E-state index contributed by atoms with van der Waals surface area (Å²) in [4.78, 5) is 19.0. The molecule has 2 heterocycles. The molecule has 0 radical (unpaired) electrons. The number of anilines is 1.